The van der Waals surface area contributed by atoms with E-state index in [1.165, 1.54) is 55.4 Å². The van der Waals surface area contributed by atoms with Crippen molar-refractivity contribution in [1.82, 2.24) is 0 Å². The van der Waals surface area contributed by atoms with Gasteiger partial charge in [0.15, 0.2) is 23.1 Å². The van der Waals surface area contributed by atoms with E-state index in [2.05, 4.69) is 0 Å². The van der Waals surface area contributed by atoms with E-state index < -0.39 is 67.9 Å². The van der Waals surface area contributed by atoms with Gasteiger partial charge in [-0.3, -0.25) is 38.4 Å². The molecule has 0 N–H and O–H groups in total. The highest BCUT2D eigenvalue weighted by molar-refractivity contribution is 6.19. The van der Waals surface area contributed by atoms with Crippen LogP contribution in [-0.4, -0.2) is 46.3 Å². The number of hydrogen-bond donors (Lipinski definition) is 0. The largest absolute Gasteiger partial charge is 0.299 e. The molecule has 196 valence electrons. The molecule has 0 heterocycles. The Bertz CT molecular complexity index is 907. The van der Waals surface area contributed by atoms with Gasteiger partial charge in [0.05, 0.1) is 21.7 Å². The molecule has 0 aromatic rings. The number of carbonyl (C=O) groups excluding carboxylic acids is 8. The Balaban J connectivity index is 3.44. The molecule has 0 aromatic carbocycles. The molecule has 36 heavy (non-hydrogen) atoms. The number of allylic oxidation sites excluding steroid dienone is 4. The summed E-state index contributed by atoms with van der Waals surface area (Å²) in [5.41, 5.74) is -6.15. The van der Waals surface area contributed by atoms with E-state index in [1.54, 1.807) is 0 Å². The normalized spacial score (nSPS) is 24.2. The van der Waals surface area contributed by atoms with Crippen LogP contribution in [0, 0.1) is 21.7 Å². The molecule has 1 aliphatic rings. The van der Waals surface area contributed by atoms with Gasteiger partial charge in [-0.15, -0.1) is 0 Å². The van der Waals surface area contributed by atoms with Gasteiger partial charge in [0, 0.05) is 25.7 Å². The summed E-state index contributed by atoms with van der Waals surface area (Å²) in [5, 5.41) is 0. The molecule has 0 fully saturated rings. The highest BCUT2D eigenvalue weighted by atomic mass is 16.2. The summed E-state index contributed by atoms with van der Waals surface area (Å²) in [6.07, 6.45) is 2.57. The van der Waals surface area contributed by atoms with E-state index in [1.807, 2.05) is 0 Å². The third-order valence-corrected chi connectivity index (χ3v) is 7.18. The van der Waals surface area contributed by atoms with Crippen molar-refractivity contribution in [2.75, 3.05) is 0 Å². The van der Waals surface area contributed by atoms with Crippen molar-refractivity contribution in [2.24, 2.45) is 21.7 Å². The summed E-state index contributed by atoms with van der Waals surface area (Å²) in [7, 11) is 0. The van der Waals surface area contributed by atoms with Crippen LogP contribution in [0.2, 0.25) is 0 Å². The standard InChI is InChI=1S/C28H36O8/c1-25(2)17(29)9-11-19(31)26(3,4)21(33)13-15-23(35)28(7,8)24(36)16-14-22(34)27(5,6)20(32)12-10-18(25)30/h9,11,14,16H,10,12-13,15H2,1-8H3. The van der Waals surface area contributed by atoms with Crippen molar-refractivity contribution in [1.29, 1.82) is 0 Å². The van der Waals surface area contributed by atoms with Gasteiger partial charge in [0.25, 0.3) is 0 Å². The molecule has 0 unspecified atom stereocenters. The second-order valence-electron chi connectivity index (χ2n) is 11.3. The Morgan fingerprint density at radius 3 is 0.639 bits per heavy atom. The molecule has 0 saturated heterocycles. The van der Waals surface area contributed by atoms with Crippen LogP contribution >= 0.6 is 0 Å². The first-order valence-electron chi connectivity index (χ1n) is 11.9. The molecule has 0 aliphatic heterocycles. The molecule has 8 heteroatoms. The van der Waals surface area contributed by atoms with E-state index in [0.29, 0.717) is 0 Å². The fourth-order valence-corrected chi connectivity index (χ4v) is 3.39. The predicted octanol–water partition coefficient (Wildman–Crippen LogP) is 3.33. The summed E-state index contributed by atoms with van der Waals surface area (Å²) in [4.78, 5) is 102. The lowest BCUT2D eigenvalue weighted by Crippen LogP contribution is -2.37. The van der Waals surface area contributed by atoms with Crippen molar-refractivity contribution in [2.45, 2.75) is 81.1 Å². The second-order valence-corrected chi connectivity index (χ2v) is 11.3. The fraction of sp³-hybridized carbons (Fsp3) is 0.571. The van der Waals surface area contributed by atoms with E-state index >= 15 is 0 Å². The molecule has 0 aromatic heterocycles. The summed E-state index contributed by atoms with van der Waals surface area (Å²) in [5.74, 6) is -4.85. The highest BCUT2D eigenvalue weighted by Crippen LogP contribution is 2.29. The lowest BCUT2D eigenvalue weighted by molar-refractivity contribution is -0.141. The molecule has 1 rings (SSSR count). The van der Waals surface area contributed by atoms with Gasteiger partial charge in [-0.25, -0.2) is 0 Å². The Morgan fingerprint density at radius 2 is 0.500 bits per heavy atom. The molecular weight excluding hydrogens is 464 g/mol. The van der Waals surface area contributed by atoms with Crippen molar-refractivity contribution in [3.8, 4) is 0 Å². The maximum atomic E-state index is 12.7. The Kier molecular flexibility index (Phi) is 9.30. The second kappa shape index (κ2) is 10.8. The summed E-state index contributed by atoms with van der Waals surface area (Å²) < 4.78 is 0. The first-order valence-corrected chi connectivity index (χ1v) is 11.9. The van der Waals surface area contributed by atoms with Crippen LogP contribution < -0.4 is 0 Å². The molecule has 0 spiro atoms. The van der Waals surface area contributed by atoms with Crippen LogP contribution in [0.1, 0.15) is 81.1 Å². The van der Waals surface area contributed by atoms with Crippen LogP contribution in [0.3, 0.4) is 0 Å². The van der Waals surface area contributed by atoms with Crippen LogP contribution in [0.25, 0.3) is 0 Å². The number of hydrogen-bond acceptors (Lipinski definition) is 8. The fourth-order valence-electron chi connectivity index (χ4n) is 3.39. The highest BCUT2D eigenvalue weighted by Gasteiger charge is 2.40. The molecule has 1 aliphatic carbocycles. The molecule has 0 atom stereocenters. The van der Waals surface area contributed by atoms with Crippen molar-refractivity contribution >= 4 is 46.3 Å². The zero-order chi connectivity index (χ0) is 28.3. The maximum absolute atomic E-state index is 12.7. The third kappa shape index (κ3) is 6.53. The minimum atomic E-state index is -1.54. The SMILES string of the molecule is CC1(C)C(=O)C=CC(=O)C(C)(C)C(=O)CCC(=O)C(C)(C)C(=O)C=CC(=O)C(C)(C)C(=O)CCC1=O. The molecular formula is C28H36O8. The van der Waals surface area contributed by atoms with Gasteiger partial charge in [-0.05, 0) is 79.7 Å². The molecule has 8 nitrogen and oxygen atoms in total. The summed E-state index contributed by atoms with van der Waals surface area (Å²) in [6.45, 7) is 11.0. The van der Waals surface area contributed by atoms with Gasteiger partial charge in [0.2, 0.25) is 0 Å². The minimum Gasteiger partial charge on any atom is -0.299 e. The predicted molar refractivity (Wildman–Crippen MR) is 132 cm³/mol. The molecule has 0 radical (unpaired) electrons. The van der Waals surface area contributed by atoms with Crippen molar-refractivity contribution in [3.05, 3.63) is 24.3 Å². The van der Waals surface area contributed by atoms with Gasteiger partial charge in [-0.2, -0.15) is 0 Å². The van der Waals surface area contributed by atoms with Gasteiger partial charge >= 0.3 is 0 Å². The van der Waals surface area contributed by atoms with E-state index in [4.69, 9.17) is 0 Å². The Labute approximate surface area is 211 Å². The van der Waals surface area contributed by atoms with Gasteiger partial charge in [-0.1, -0.05) is 0 Å². The molecule has 0 saturated carbocycles. The topological polar surface area (TPSA) is 137 Å². The summed E-state index contributed by atoms with van der Waals surface area (Å²) in [6, 6.07) is 0. The lowest BCUT2D eigenvalue weighted by Gasteiger charge is -2.24. The zero-order valence-electron chi connectivity index (χ0n) is 22.4. The van der Waals surface area contributed by atoms with E-state index in [-0.39, 0.29) is 25.7 Å². The van der Waals surface area contributed by atoms with Gasteiger partial charge in [0.1, 0.15) is 23.1 Å². The van der Waals surface area contributed by atoms with Crippen LogP contribution in [0.15, 0.2) is 24.3 Å². The zero-order valence-corrected chi connectivity index (χ0v) is 22.4. The summed E-state index contributed by atoms with van der Waals surface area (Å²) >= 11 is 0. The third-order valence-electron chi connectivity index (χ3n) is 7.18. The van der Waals surface area contributed by atoms with Crippen molar-refractivity contribution in [3.63, 3.8) is 0 Å². The van der Waals surface area contributed by atoms with Crippen LogP contribution in [0.5, 0.6) is 0 Å². The average Bonchev–Trinajstić information content (AvgIpc) is 2.80. The van der Waals surface area contributed by atoms with Crippen LogP contribution in [0.4, 0.5) is 0 Å². The number of Topliss-reactive ketones (excluding diaryl/α,β-unsaturated/α-hetero) is 4. The Morgan fingerprint density at radius 1 is 0.361 bits per heavy atom. The van der Waals surface area contributed by atoms with Gasteiger partial charge < -0.3 is 0 Å². The van der Waals surface area contributed by atoms with E-state index in [9.17, 15) is 38.4 Å². The number of ketones is 8. The quantitative estimate of drug-likeness (QED) is 0.462. The smallest absolute Gasteiger partial charge is 0.168 e. The average molecular weight is 501 g/mol. The molecule has 0 bridgehead atoms. The number of rotatable bonds is 0. The first-order chi connectivity index (χ1) is 16.2. The lowest BCUT2D eigenvalue weighted by atomic mass is 9.75. The monoisotopic (exact) mass is 500 g/mol. The first kappa shape index (κ1) is 30.9. The van der Waals surface area contributed by atoms with E-state index in [0.717, 1.165) is 24.3 Å². The van der Waals surface area contributed by atoms with Crippen molar-refractivity contribution < 1.29 is 38.4 Å². The van der Waals surface area contributed by atoms with Crippen LogP contribution in [-0.2, 0) is 38.4 Å². The minimum absolute atomic E-state index is 0.301. The maximum Gasteiger partial charge on any atom is 0.168 e. The molecule has 0 amide bonds. The Hall–Kier alpha value is -3.16. The number of carbonyl (C=O) groups is 8.